The molecule has 2 heterocycles. The number of aromatic nitrogens is 1. The minimum Gasteiger partial charge on any atom is -0.396 e. The molecule has 0 atom stereocenters. The van der Waals surface area contributed by atoms with Gasteiger partial charge < -0.3 is 16.0 Å². The molecule has 1 aromatic heterocycles. The highest BCUT2D eigenvalue weighted by atomic mass is 19.4. The first-order valence-corrected chi connectivity index (χ1v) is 7.26. The van der Waals surface area contributed by atoms with Gasteiger partial charge in [-0.3, -0.25) is 0 Å². The predicted molar refractivity (Wildman–Crippen MR) is 77.0 cm³/mol. The van der Waals surface area contributed by atoms with Gasteiger partial charge in [0.25, 0.3) is 0 Å². The Morgan fingerprint density at radius 3 is 2.57 bits per heavy atom. The van der Waals surface area contributed by atoms with E-state index in [2.05, 4.69) is 15.2 Å². The van der Waals surface area contributed by atoms with Crippen molar-refractivity contribution in [2.75, 3.05) is 37.2 Å². The lowest BCUT2D eigenvalue weighted by Crippen LogP contribution is -2.21. The Balaban J connectivity index is 1.73. The maximum Gasteiger partial charge on any atom is 0.417 e. The summed E-state index contributed by atoms with van der Waals surface area (Å²) in [5, 5.41) is 3.00. The van der Waals surface area contributed by atoms with Gasteiger partial charge in [-0.2, -0.15) is 13.2 Å². The summed E-state index contributed by atoms with van der Waals surface area (Å²) in [6.07, 6.45) is 0.971. The van der Waals surface area contributed by atoms with Gasteiger partial charge in [-0.05, 0) is 51.4 Å². The fraction of sp³-hybridized carbons (Fsp3) is 0.643. The van der Waals surface area contributed by atoms with Crippen LogP contribution in [0.2, 0.25) is 0 Å². The molecule has 1 saturated heterocycles. The molecule has 0 amide bonds. The Morgan fingerprint density at radius 2 is 1.95 bits per heavy atom. The van der Waals surface area contributed by atoms with Crippen LogP contribution in [0.4, 0.5) is 24.7 Å². The van der Waals surface area contributed by atoms with Crippen LogP contribution in [0.1, 0.15) is 31.2 Å². The maximum atomic E-state index is 12.5. The van der Waals surface area contributed by atoms with Crippen LogP contribution in [0.3, 0.4) is 0 Å². The molecular formula is C14H21F3N4. The summed E-state index contributed by atoms with van der Waals surface area (Å²) in [5.41, 5.74) is 4.81. The number of hydrogen-bond donors (Lipinski definition) is 2. The van der Waals surface area contributed by atoms with Crippen LogP contribution >= 0.6 is 0 Å². The first-order valence-electron chi connectivity index (χ1n) is 7.26. The molecule has 0 bridgehead atoms. The van der Waals surface area contributed by atoms with Gasteiger partial charge in [0, 0.05) is 12.7 Å². The number of pyridine rings is 1. The smallest absolute Gasteiger partial charge is 0.396 e. The molecule has 2 rings (SSSR count). The summed E-state index contributed by atoms with van der Waals surface area (Å²) < 4.78 is 37.4. The number of nitrogens with zero attached hydrogens (tertiary/aromatic N) is 2. The number of anilines is 2. The van der Waals surface area contributed by atoms with E-state index in [-0.39, 0.29) is 5.69 Å². The summed E-state index contributed by atoms with van der Waals surface area (Å²) >= 11 is 0. The van der Waals surface area contributed by atoms with Crippen molar-refractivity contribution in [3.05, 3.63) is 17.8 Å². The van der Waals surface area contributed by atoms with E-state index in [0.29, 0.717) is 12.4 Å². The number of nitrogens with one attached hydrogen (secondary N) is 1. The lowest BCUT2D eigenvalue weighted by molar-refractivity contribution is -0.137. The van der Waals surface area contributed by atoms with Gasteiger partial charge in [0.2, 0.25) is 0 Å². The fourth-order valence-electron chi connectivity index (χ4n) is 2.46. The molecule has 1 aromatic rings. The standard InChI is InChI=1S/C14H21F3N4/c15-14(16,17)11-9-12(18)13(20-10-11)19-5-1-2-6-21-7-3-4-8-21/h9-10H,1-8,18H2,(H,19,20). The Kier molecular flexibility index (Phi) is 5.27. The average molecular weight is 302 g/mol. The first-order chi connectivity index (χ1) is 9.97. The minimum absolute atomic E-state index is 0.0318. The van der Waals surface area contributed by atoms with Gasteiger partial charge in [-0.1, -0.05) is 0 Å². The van der Waals surface area contributed by atoms with Crippen molar-refractivity contribution in [1.29, 1.82) is 0 Å². The summed E-state index contributed by atoms with van der Waals surface area (Å²) in [7, 11) is 0. The molecule has 4 nitrogen and oxygen atoms in total. The van der Waals surface area contributed by atoms with Gasteiger partial charge >= 0.3 is 6.18 Å². The van der Waals surface area contributed by atoms with Crippen molar-refractivity contribution in [3.63, 3.8) is 0 Å². The zero-order valence-corrected chi connectivity index (χ0v) is 11.9. The normalized spacial score (nSPS) is 16.3. The number of rotatable bonds is 6. The Labute approximate surface area is 122 Å². The van der Waals surface area contributed by atoms with Gasteiger partial charge in [0.15, 0.2) is 0 Å². The minimum atomic E-state index is -4.41. The molecule has 21 heavy (non-hydrogen) atoms. The van der Waals surface area contributed by atoms with E-state index in [9.17, 15) is 13.2 Å². The van der Waals surface area contributed by atoms with E-state index in [4.69, 9.17) is 5.73 Å². The second kappa shape index (κ2) is 6.98. The second-order valence-corrected chi connectivity index (χ2v) is 5.34. The van der Waals surface area contributed by atoms with E-state index in [1.807, 2.05) is 0 Å². The average Bonchev–Trinajstić information content (AvgIpc) is 2.92. The largest absolute Gasteiger partial charge is 0.417 e. The van der Waals surface area contributed by atoms with Crippen LogP contribution in [0, 0.1) is 0 Å². The fourth-order valence-corrected chi connectivity index (χ4v) is 2.46. The van der Waals surface area contributed by atoms with Gasteiger partial charge in [0.1, 0.15) is 5.82 Å². The lowest BCUT2D eigenvalue weighted by Gasteiger charge is -2.14. The number of nitrogen functional groups attached to an aromatic ring is 1. The van der Waals surface area contributed by atoms with Crippen LogP contribution in [0.15, 0.2) is 12.3 Å². The SMILES string of the molecule is Nc1cc(C(F)(F)F)cnc1NCCCCN1CCCC1. The number of hydrogen-bond acceptors (Lipinski definition) is 4. The van der Waals surface area contributed by atoms with E-state index >= 15 is 0 Å². The molecule has 0 unspecified atom stereocenters. The summed E-state index contributed by atoms with van der Waals surface area (Å²) in [6.45, 7) is 4.11. The van der Waals surface area contributed by atoms with E-state index in [1.54, 1.807) is 0 Å². The van der Waals surface area contributed by atoms with Crippen LogP contribution in [0.5, 0.6) is 0 Å². The number of halogens is 3. The predicted octanol–water partition coefficient (Wildman–Crippen LogP) is 2.97. The van der Waals surface area contributed by atoms with Crippen LogP contribution in [0.25, 0.3) is 0 Å². The Morgan fingerprint density at radius 1 is 1.24 bits per heavy atom. The summed E-state index contributed by atoms with van der Waals surface area (Å²) in [6, 6.07) is 0.916. The van der Waals surface area contributed by atoms with Crippen molar-refractivity contribution in [2.45, 2.75) is 31.9 Å². The molecule has 0 radical (unpaired) electrons. The van der Waals surface area contributed by atoms with Crippen molar-refractivity contribution in [1.82, 2.24) is 9.88 Å². The van der Waals surface area contributed by atoms with Gasteiger partial charge in [0.05, 0.1) is 11.3 Å². The zero-order chi connectivity index (χ0) is 15.3. The summed E-state index contributed by atoms with van der Waals surface area (Å²) in [5.74, 6) is 0.323. The number of alkyl halides is 3. The monoisotopic (exact) mass is 302 g/mol. The van der Waals surface area contributed by atoms with Crippen LogP contribution in [-0.2, 0) is 6.18 Å². The Bertz CT molecular complexity index is 456. The van der Waals surface area contributed by atoms with Crippen molar-refractivity contribution < 1.29 is 13.2 Å². The molecule has 1 aliphatic rings. The third-order valence-electron chi connectivity index (χ3n) is 3.64. The lowest BCUT2D eigenvalue weighted by atomic mass is 10.2. The molecule has 0 spiro atoms. The van der Waals surface area contributed by atoms with Crippen molar-refractivity contribution in [2.24, 2.45) is 0 Å². The maximum absolute atomic E-state index is 12.5. The molecule has 3 N–H and O–H groups in total. The molecular weight excluding hydrogens is 281 g/mol. The molecule has 118 valence electrons. The number of nitrogens with two attached hydrogens (primary N) is 1. The number of likely N-dealkylation sites (tertiary alicyclic amines) is 1. The highest BCUT2D eigenvalue weighted by Gasteiger charge is 2.31. The molecule has 1 fully saturated rings. The third kappa shape index (κ3) is 4.77. The van der Waals surface area contributed by atoms with E-state index < -0.39 is 11.7 Å². The molecule has 0 aliphatic carbocycles. The zero-order valence-electron chi connectivity index (χ0n) is 11.9. The summed E-state index contributed by atoms with van der Waals surface area (Å²) in [4.78, 5) is 6.19. The van der Waals surface area contributed by atoms with Crippen molar-refractivity contribution >= 4 is 11.5 Å². The van der Waals surface area contributed by atoms with E-state index in [1.165, 1.54) is 25.9 Å². The Hall–Kier alpha value is -1.50. The van der Waals surface area contributed by atoms with Gasteiger partial charge in [-0.15, -0.1) is 0 Å². The first kappa shape index (κ1) is 15.9. The molecule has 1 aliphatic heterocycles. The topological polar surface area (TPSA) is 54.2 Å². The molecule has 0 aromatic carbocycles. The molecule has 0 saturated carbocycles. The van der Waals surface area contributed by atoms with Crippen LogP contribution < -0.4 is 11.1 Å². The van der Waals surface area contributed by atoms with Crippen molar-refractivity contribution in [3.8, 4) is 0 Å². The quantitative estimate of drug-likeness (QED) is 0.793. The second-order valence-electron chi connectivity index (χ2n) is 5.34. The highest BCUT2D eigenvalue weighted by molar-refractivity contribution is 5.61. The van der Waals surface area contributed by atoms with E-state index in [0.717, 1.165) is 31.6 Å². The third-order valence-corrected chi connectivity index (χ3v) is 3.64. The van der Waals surface area contributed by atoms with Crippen LogP contribution in [-0.4, -0.2) is 36.1 Å². The van der Waals surface area contributed by atoms with Gasteiger partial charge in [-0.25, -0.2) is 4.98 Å². The number of unbranched alkanes of at least 4 members (excludes halogenated alkanes) is 1. The highest BCUT2D eigenvalue weighted by Crippen LogP contribution is 2.31. The molecule has 7 heteroatoms.